The molecular formula is C17H14BrClN4O. The highest BCUT2D eigenvalue weighted by molar-refractivity contribution is 9.10. The summed E-state index contributed by atoms with van der Waals surface area (Å²) in [7, 11) is 0. The Balaban J connectivity index is 1.57. The van der Waals surface area contributed by atoms with Crippen LogP contribution in [0.15, 0.2) is 53.3 Å². The second-order valence-corrected chi connectivity index (χ2v) is 6.40. The zero-order valence-electron chi connectivity index (χ0n) is 12.6. The first kappa shape index (κ1) is 16.7. The van der Waals surface area contributed by atoms with Crippen LogP contribution in [-0.4, -0.2) is 29.0 Å². The minimum atomic E-state index is -0.149. The van der Waals surface area contributed by atoms with E-state index in [2.05, 4.69) is 36.5 Å². The van der Waals surface area contributed by atoms with E-state index in [1.807, 2.05) is 24.3 Å². The molecule has 0 saturated heterocycles. The zero-order chi connectivity index (χ0) is 16.9. The fourth-order valence-electron chi connectivity index (χ4n) is 2.22. The van der Waals surface area contributed by atoms with Gasteiger partial charge >= 0.3 is 0 Å². The maximum absolute atomic E-state index is 11.9. The average Bonchev–Trinajstić information content (AvgIpc) is 2.59. The highest BCUT2D eigenvalue weighted by atomic mass is 79.9. The molecule has 2 heterocycles. The first-order chi connectivity index (χ1) is 11.6. The van der Waals surface area contributed by atoms with E-state index in [4.69, 9.17) is 11.6 Å². The highest BCUT2D eigenvalue weighted by Gasteiger charge is 2.06. The van der Waals surface area contributed by atoms with Crippen molar-refractivity contribution in [2.24, 2.45) is 0 Å². The lowest BCUT2D eigenvalue weighted by atomic mass is 10.2. The minimum absolute atomic E-state index is 0.149. The van der Waals surface area contributed by atoms with Crippen LogP contribution in [0.5, 0.6) is 0 Å². The summed E-state index contributed by atoms with van der Waals surface area (Å²) < 4.78 is 0.917. The van der Waals surface area contributed by atoms with Crippen LogP contribution in [0.3, 0.4) is 0 Å². The molecule has 0 radical (unpaired) electrons. The summed E-state index contributed by atoms with van der Waals surface area (Å²) in [5.74, 6) is 0.562. The molecule has 7 heteroatoms. The normalized spacial score (nSPS) is 10.6. The molecule has 1 aromatic carbocycles. The molecule has 2 aromatic heterocycles. The number of hydrogen-bond donors (Lipinski definition) is 2. The Morgan fingerprint density at radius 1 is 1.21 bits per heavy atom. The molecule has 0 aliphatic carbocycles. The summed E-state index contributed by atoms with van der Waals surface area (Å²) in [6.45, 7) is 1.03. The Kier molecular flexibility index (Phi) is 5.27. The topological polar surface area (TPSA) is 66.9 Å². The third-order valence-corrected chi connectivity index (χ3v) is 4.10. The predicted octanol–water partition coefficient (Wildman–Crippen LogP) is 3.89. The van der Waals surface area contributed by atoms with Crippen molar-refractivity contribution < 1.29 is 4.79 Å². The van der Waals surface area contributed by atoms with Gasteiger partial charge in [-0.2, -0.15) is 0 Å². The van der Waals surface area contributed by atoms with Gasteiger partial charge in [0.1, 0.15) is 5.82 Å². The van der Waals surface area contributed by atoms with Gasteiger partial charge < -0.3 is 10.6 Å². The van der Waals surface area contributed by atoms with Gasteiger partial charge in [0.05, 0.1) is 16.1 Å². The van der Waals surface area contributed by atoms with E-state index >= 15 is 0 Å². The van der Waals surface area contributed by atoms with Gasteiger partial charge in [0.2, 0.25) is 0 Å². The van der Waals surface area contributed by atoms with Crippen LogP contribution in [0.1, 0.15) is 10.4 Å². The number of nitrogens with zero attached hydrogens (tertiary/aromatic N) is 2. The number of carbonyl (C=O) groups excluding carboxylic acids is 1. The van der Waals surface area contributed by atoms with E-state index in [0.717, 1.165) is 15.4 Å². The molecule has 0 atom stereocenters. The number of carbonyl (C=O) groups is 1. The average molecular weight is 406 g/mol. The Labute approximate surface area is 152 Å². The first-order valence-corrected chi connectivity index (χ1v) is 8.48. The monoisotopic (exact) mass is 404 g/mol. The Morgan fingerprint density at radius 3 is 2.88 bits per heavy atom. The fourth-order valence-corrected chi connectivity index (χ4v) is 3.10. The smallest absolute Gasteiger partial charge is 0.252 e. The van der Waals surface area contributed by atoms with Crippen molar-refractivity contribution >= 4 is 50.2 Å². The highest BCUT2D eigenvalue weighted by Crippen LogP contribution is 2.27. The molecule has 5 nitrogen and oxygen atoms in total. The number of halogens is 2. The molecule has 1 amide bonds. The van der Waals surface area contributed by atoms with Crippen LogP contribution in [0.25, 0.3) is 10.9 Å². The van der Waals surface area contributed by atoms with Crippen molar-refractivity contribution in [2.45, 2.75) is 0 Å². The summed E-state index contributed by atoms with van der Waals surface area (Å²) in [5.41, 5.74) is 1.28. The van der Waals surface area contributed by atoms with Crippen molar-refractivity contribution in [1.82, 2.24) is 15.3 Å². The van der Waals surface area contributed by atoms with Gasteiger partial charge in [0, 0.05) is 35.3 Å². The summed E-state index contributed by atoms with van der Waals surface area (Å²) >= 11 is 9.64. The number of anilines is 1. The van der Waals surface area contributed by atoms with Crippen molar-refractivity contribution in [2.75, 3.05) is 18.4 Å². The van der Waals surface area contributed by atoms with Crippen LogP contribution in [0, 0.1) is 0 Å². The van der Waals surface area contributed by atoms with E-state index < -0.39 is 0 Å². The van der Waals surface area contributed by atoms with Gasteiger partial charge in [-0.05, 0) is 36.4 Å². The van der Waals surface area contributed by atoms with E-state index in [-0.39, 0.29) is 5.91 Å². The van der Waals surface area contributed by atoms with E-state index in [1.54, 1.807) is 18.3 Å². The lowest BCUT2D eigenvalue weighted by Gasteiger charge is -2.09. The molecule has 0 spiro atoms. The molecule has 24 heavy (non-hydrogen) atoms. The Morgan fingerprint density at radius 2 is 2.08 bits per heavy atom. The third-order valence-electron chi connectivity index (χ3n) is 3.35. The van der Waals surface area contributed by atoms with Crippen LogP contribution in [0.2, 0.25) is 5.02 Å². The number of amides is 1. The molecule has 0 bridgehead atoms. The number of pyridine rings is 2. The van der Waals surface area contributed by atoms with Gasteiger partial charge in [-0.25, -0.2) is 4.98 Å². The van der Waals surface area contributed by atoms with Crippen LogP contribution in [0.4, 0.5) is 5.82 Å². The van der Waals surface area contributed by atoms with Gasteiger partial charge in [-0.3, -0.25) is 9.78 Å². The van der Waals surface area contributed by atoms with Crippen LogP contribution >= 0.6 is 27.5 Å². The van der Waals surface area contributed by atoms with E-state index in [0.29, 0.717) is 29.5 Å². The molecule has 0 aliphatic heterocycles. The number of benzene rings is 1. The second-order valence-electron chi connectivity index (χ2n) is 5.08. The second kappa shape index (κ2) is 7.59. The molecule has 0 fully saturated rings. The number of rotatable bonds is 5. The maximum atomic E-state index is 11.9. The standard InChI is InChI=1S/C17H14BrClN4O/c18-13-8-11-3-4-15(23-16(11)14(19)9-13)21-6-7-22-17(24)12-2-1-5-20-10-12/h1-5,8-10H,6-7H2,(H,21,23)(H,22,24). The molecule has 0 aliphatic rings. The SMILES string of the molecule is O=C(NCCNc1ccc2cc(Br)cc(Cl)c2n1)c1cccnc1. The number of hydrogen-bond acceptors (Lipinski definition) is 4. The number of aromatic nitrogens is 2. The number of nitrogens with one attached hydrogen (secondary N) is 2. The van der Waals surface area contributed by atoms with Crippen LogP contribution in [-0.2, 0) is 0 Å². The van der Waals surface area contributed by atoms with E-state index in [1.165, 1.54) is 6.20 Å². The van der Waals surface area contributed by atoms with E-state index in [9.17, 15) is 4.79 Å². The van der Waals surface area contributed by atoms with Gasteiger partial charge in [-0.1, -0.05) is 27.5 Å². The van der Waals surface area contributed by atoms with Gasteiger partial charge in [0.25, 0.3) is 5.91 Å². The maximum Gasteiger partial charge on any atom is 0.252 e. The fraction of sp³-hybridized carbons (Fsp3) is 0.118. The molecule has 122 valence electrons. The third kappa shape index (κ3) is 4.01. The predicted molar refractivity (Wildman–Crippen MR) is 99.5 cm³/mol. The Hall–Kier alpha value is -2.18. The largest absolute Gasteiger partial charge is 0.368 e. The quantitative estimate of drug-likeness (QED) is 0.632. The first-order valence-electron chi connectivity index (χ1n) is 7.31. The lowest BCUT2D eigenvalue weighted by Crippen LogP contribution is -2.28. The minimum Gasteiger partial charge on any atom is -0.368 e. The van der Waals surface area contributed by atoms with Crippen molar-refractivity contribution in [3.05, 3.63) is 63.9 Å². The van der Waals surface area contributed by atoms with Gasteiger partial charge in [-0.15, -0.1) is 0 Å². The summed E-state index contributed by atoms with van der Waals surface area (Å²) in [6.07, 6.45) is 3.17. The van der Waals surface area contributed by atoms with Crippen molar-refractivity contribution in [1.29, 1.82) is 0 Å². The molecule has 3 rings (SSSR count). The summed E-state index contributed by atoms with van der Waals surface area (Å²) in [5, 5.41) is 7.55. The molecule has 2 N–H and O–H groups in total. The Bertz CT molecular complexity index is 873. The number of fused-ring (bicyclic) bond motifs is 1. The molecule has 0 unspecified atom stereocenters. The van der Waals surface area contributed by atoms with Crippen LogP contribution < -0.4 is 10.6 Å². The molecule has 0 saturated carbocycles. The van der Waals surface area contributed by atoms with Gasteiger partial charge in [0.15, 0.2) is 0 Å². The summed E-state index contributed by atoms with van der Waals surface area (Å²) in [6, 6.07) is 11.1. The summed E-state index contributed by atoms with van der Waals surface area (Å²) in [4.78, 5) is 20.3. The zero-order valence-corrected chi connectivity index (χ0v) is 14.9. The lowest BCUT2D eigenvalue weighted by molar-refractivity contribution is 0.0955. The van der Waals surface area contributed by atoms with Crippen molar-refractivity contribution in [3.8, 4) is 0 Å². The molecular weight excluding hydrogens is 392 g/mol. The van der Waals surface area contributed by atoms with Crippen molar-refractivity contribution in [3.63, 3.8) is 0 Å². The molecule has 3 aromatic rings.